The van der Waals surface area contributed by atoms with Crippen molar-refractivity contribution < 1.29 is 13.7 Å². The highest BCUT2D eigenvalue weighted by Gasteiger charge is 2.42. The number of aromatic nitrogens is 4. The molecule has 1 amide bonds. The van der Waals surface area contributed by atoms with Crippen LogP contribution in [0.15, 0.2) is 23.4 Å². The molecule has 190 valence electrons. The van der Waals surface area contributed by atoms with Crippen molar-refractivity contribution in [2.24, 2.45) is 11.8 Å². The summed E-state index contributed by atoms with van der Waals surface area (Å²) in [4.78, 5) is 33.2. The molecule has 0 unspecified atom stereocenters. The van der Waals surface area contributed by atoms with Crippen molar-refractivity contribution in [3.8, 4) is 0 Å². The van der Waals surface area contributed by atoms with E-state index in [9.17, 15) is 9.00 Å². The molecule has 36 heavy (non-hydrogen) atoms. The molecule has 0 bridgehead atoms. The third kappa shape index (κ3) is 4.32. The molecule has 1 saturated carbocycles. The van der Waals surface area contributed by atoms with E-state index in [1.807, 2.05) is 0 Å². The Kier molecular flexibility index (Phi) is 6.07. The number of nitrogens with zero attached hydrogens (tertiary/aromatic N) is 5. The maximum Gasteiger partial charge on any atom is 0.406 e. The number of aryl methyl sites for hydroxylation is 1. The number of fused-ring (bicyclic) bond motifs is 2. The van der Waals surface area contributed by atoms with E-state index in [1.165, 1.54) is 12.7 Å². The summed E-state index contributed by atoms with van der Waals surface area (Å²) in [6.45, 7) is 2.08. The minimum Gasteiger partial charge on any atom is -0.453 e. The third-order valence-corrected chi connectivity index (χ3v) is 9.36. The van der Waals surface area contributed by atoms with Gasteiger partial charge in [-0.15, -0.1) is 0 Å². The largest absolute Gasteiger partial charge is 0.453 e. The first kappa shape index (κ1) is 23.6. The van der Waals surface area contributed by atoms with Crippen LogP contribution in [0.3, 0.4) is 0 Å². The minimum absolute atomic E-state index is 0.321. The average molecular weight is 530 g/mol. The molecule has 2 aliphatic heterocycles. The highest BCUT2D eigenvalue weighted by molar-refractivity contribution is 7.85. The first-order valence-electron chi connectivity index (χ1n) is 12.3. The fourth-order valence-electron chi connectivity index (χ4n) is 5.64. The number of amides is 1. The highest BCUT2D eigenvalue weighted by Crippen LogP contribution is 2.42. The second-order valence-electron chi connectivity index (χ2n) is 10.0. The molecule has 2 aliphatic carbocycles. The van der Waals surface area contributed by atoms with Gasteiger partial charge < -0.3 is 20.3 Å². The zero-order chi connectivity index (χ0) is 24.9. The standard InChI is InChI=1S/C24H28ClN7O3S/c1-35-23(33)28-13-24(4-2-5-24)31-21-19-18(3-6-36(19)34)29-22(30-21)32-11-15-7-14(8-16(15)12-32)20-26-9-17(25)10-27-20/h7,9-10,15-16H,2-6,8,11-13H2,1H3,(H,28,33)(H,29,30,31)/t15-,16+,36-/m1/s1. The Labute approximate surface area is 216 Å². The zero-order valence-corrected chi connectivity index (χ0v) is 21.6. The molecule has 1 saturated heterocycles. The highest BCUT2D eigenvalue weighted by atomic mass is 35.5. The Balaban J connectivity index is 1.23. The van der Waals surface area contributed by atoms with Gasteiger partial charge in [0.25, 0.3) is 0 Å². The monoisotopic (exact) mass is 529 g/mol. The number of halogens is 1. The van der Waals surface area contributed by atoms with E-state index < -0.39 is 16.9 Å². The molecule has 0 radical (unpaired) electrons. The quantitative estimate of drug-likeness (QED) is 0.581. The molecule has 0 aromatic carbocycles. The van der Waals surface area contributed by atoms with Gasteiger partial charge >= 0.3 is 6.09 Å². The first-order valence-corrected chi connectivity index (χ1v) is 14.0. The third-order valence-electron chi connectivity index (χ3n) is 7.71. The number of rotatable bonds is 6. The molecule has 3 atom stereocenters. The molecule has 12 heteroatoms. The van der Waals surface area contributed by atoms with E-state index in [-0.39, 0.29) is 5.54 Å². The fraction of sp³-hybridized carbons (Fsp3) is 0.542. The lowest BCUT2D eigenvalue weighted by Crippen LogP contribution is -2.54. The molecule has 2 aromatic heterocycles. The lowest BCUT2D eigenvalue weighted by atomic mass is 9.76. The van der Waals surface area contributed by atoms with Gasteiger partial charge in [0.05, 0.1) is 34.2 Å². The van der Waals surface area contributed by atoms with Gasteiger partial charge in [0.2, 0.25) is 5.95 Å². The molecule has 4 aliphatic rings. The van der Waals surface area contributed by atoms with Gasteiger partial charge in [-0.25, -0.2) is 19.7 Å². The summed E-state index contributed by atoms with van der Waals surface area (Å²) in [5.74, 6) is 3.45. The number of hydrogen-bond acceptors (Lipinski definition) is 9. The number of hydrogen-bond donors (Lipinski definition) is 2. The first-order chi connectivity index (χ1) is 17.4. The lowest BCUT2D eigenvalue weighted by Gasteiger charge is -2.43. The maximum absolute atomic E-state index is 12.8. The molecule has 10 nitrogen and oxygen atoms in total. The van der Waals surface area contributed by atoms with Crippen LogP contribution in [-0.4, -0.2) is 68.3 Å². The van der Waals surface area contributed by atoms with Crippen molar-refractivity contribution in [1.29, 1.82) is 0 Å². The Morgan fingerprint density at radius 2 is 2.08 bits per heavy atom. The van der Waals surface area contributed by atoms with Crippen molar-refractivity contribution in [2.45, 2.75) is 42.5 Å². The number of allylic oxidation sites excluding steroid dienone is 1. The van der Waals surface area contributed by atoms with Crippen LogP contribution in [0, 0.1) is 11.8 Å². The van der Waals surface area contributed by atoms with E-state index in [0.717, 1.165) is 50.3 Å². The van der Waals surface area contributed by atoms with Crippen LogP contribution < -0.4 is 15.5 Å². The van der Waals surface area contributed by atoms with E-state index in [0.29, 0.717) is 52.2 Å². The van der Waals surface area contributed by atoms with Crippen LogP contribution in [0.4, 0.5) is 16.6 Å². The van der Waals surface area contributed by atoms with E-state index in [2.05, 4.69) is 31.6 Å². The smallest absolute Gasteiger partial charge is 0.406 e. The van der Waals surface area contributed by atoms with Crippen molar-refractivity contribution >= 4 is 45.8 Å². The number of alkyl carbamates (subject to hydrolysis) is 1. The van der Waals surface area contributed by atoms with Gasteiger partial charge in [0.1, 0.15) is 10.7 Å². The molecular formula is C24H28ClN7O3S. The number of ether oxygens (including phenoxy) is 1. The lowest BCUT2D eigenvalue weighted by molar-refractivity contribution is 0.163. The van der Waals surface area contributed by atoms with Gasteiger partial charge in [-0.05, 0) is 43.1 Å². The molecule has 2 N–H and O–H groups in total. The SMILES string of the molecule is COC(=O)NCC1(Nc2nc(N3C[C@@H]4CC(c5ncc(Cl)cn5)=C[C@@H]4C3)nc3c2[S@](=O)CC3)CCC1. The number of methoxy groups -OCH3 is 1. The van der Waals surface area contributed by atoms with Crippen molar-refractivity contribution in [3.05, 3.63) is 35.0 Å². The average Bonchev–Trinajstić information content (AvgIpc) is 3.54. The summed E-state index contributed by atoms with van der Waals surface area (Å²) in [6.07, 6.45) is 9.52. The Bertz CT molecular complexity index is 1250. The van der Waals surface area contributed by atoms with Gasteiger partial charge in [0.15, 0.2) is 5.82 Å². The van der Waals surface area contributed by atoms with E-state index in [4.69, 9.17) is 26.3 Å². The predicted molar refractivity (Wildman–Crippen MR) is 136 cm³/mol. The van der Waals surface area contributed by atoms with Crippen molar-refractivity contribution in [1.82, 2.24) is 25.3 Å². The molecule has 2 aromatic rings. The fourth-order valence-corrected chi connectivity index (χ4v) is 7.05. The minimum atomic E-state index is -1.13. The van der Waals surface area contributed by atoms with Crippen LogP contribution in [0.5, 0.6) is 0 Å². The van der Waals surface area contributed by atoms with Crippen molar-refractivity contribution in [3.63, 3.8) is 0 Å². The van der Waals surface area contributed by atoms with Crippen molar-refractivity contribution in [2.75, 3.05) is 42.7 Å². The molecule has 4 heterocycles. The van der Waals surface area contributed by atoms with Gasteiger partial charge in [-0.3, -0.25) is 4.21 Å². The maximum atomic E-state index is 12.8. The van der Waals surface area contributed by atoms with Crippen LogP contribution in [0.1, 0.15) is 37.2 Å². The van der Waals surface area contributed by atoms with Gasteiger partial charge in [0, 0.05) is 44.2 Å². The summed E-state index contributed by atoms with van der Waals surface area (Å²) < 4.78 is 17.6. The van der Waals surface area contributed by atoms with Gasteiger partial charge in [-0.2, -0.15) is 4.98 Å². The summed E-state index contributed by atoms with van der Waals surface area (Å²) in [6, 6.07) is 0. The normalized spacial score (nSPS) is 25.6. The van der Waals surface area contributed by atoms with E-state index in [1.54, 1.807) is 12.4 Å². The van der Waals surface area contributed by atoms with Crippen LogP contribution in [-0.2, 0) is 22.0 Å². The van der Waals surface area contributed by atoms with Gasteiger partial charge in [-0.1, -0.05) is 17.7 Å². The second kappa shape index (κ2) is 9.26. The summed E-state index contributed by atoms with van der Waals surface area (Å²) in [5, 5.41) is 6.92. The number of nitrogens with one attached hydrogen (secondary N) is 2. The Morgan fingerprint density at radius 1 is 1.28 bits per heavy atom. The number of anilines is 2. The van der Waals surface area contributed by atoms with Crippen LogP contribution in [0.25, 0.3) is 5.57 Å². The molecular weight excluding hydrogens is 502 g/mol. The Hall–Kier alpha value is -2.79. The summed E-state index contributed by atoms with van der Waals surface area (Å²) >= 11 is 5.94. The van der Waals surface area contributed by atoms with E-state index >= 15 is 0 Å². The van der Waals surface area contributed by atoms with Crippen LogP contribution >= 0.6 is 11.6 Å². The molecule has 2 fully saturated rings. The number of carbonyl (C=O) groups is 1. The Morgan fingerprint density at radius 3 is 2.78 bits per heavy atom. The number of carbonyl (C=O) groups excluding carboxylic acids is 1. The zero-order valence-electron chi connectivity index (χ0n) is 20.0. The topological polar surface area (TPSA) is 122 Å². The van der Waals surface area contributed by atoms with Crippen LogP contribution in [0.2, 0.25) is 5.02 Å². The summed E-state index contributed by atoms with van der Waals surface area (Å²) in [7, 11) is 0.227. The predicted octanol–water partition coefficient (Wildman–Crippen LogP) is 2.81. The molecule has 0 spiro atoms. The molecule has 6 rings (SSSR count). The summed E-state index contributed by atoms with van der Waals surface area (Å²) in [5.41, 5.74) is 1.70. The second-order valence-corrected chi connectivity index (χ2v) is 11.9.